The van der Waals surface area contributed by atoms with Crippen molar-refractivity contribution in [3.63, 3.8) is 0 Å². The number of hydrogen-bond acceptors (Lipinski definition) is 4. The number of hydrogen-bond donors (Lipinski definition) is 0. The van der Waals surface area contributed by atoms with Gasteiger partial charge in [-0.1, -0.05) is 12.1 Å². The van der Waals surface area contributed by atoms with Gasteiger partial charge in [-0.15, -0.1) is 0 Å². The number of piperazine rings is 1. The maximum atomic E-state index is 13.8. The Balaban J connectivity index is 1.63. The van der Waals surface area contributed by atoms with Gasteiger partial charge in [0.25, 0.3) is 5.91 Å². The van der Waals surface area contributed by atoms with Crippen LogP contribution in [0.3, 0.4) is 0 Å². The van der Waals surface area contributed by atoms with Crippen molar-refractivity contribution in [2.75, 3.05) is 40.4 Å². The number of aryl methyl sites for hydroxylation is 1. The zero-order valence-electron chi connectivity index (χ0n) is 16.3. The third-order valence-electron chi connectivity index (χ3n) is 5.04. The molecule has 1 saturated heterocycles. The van der Waals surface area contributed by atoms with Crippen LogP contribution in [0.1, 0.15) is 21.5 Å². The fourth-order valence-electron chi connectivity index (χ4n) is 3.31. The number of halogens is 2. The summed E-state index contributed by atoms with van der Waals surface area (Å²) in [6, 6.07) is 8.56. The van der Waals surface area contributed by atoms with E-state index in [9.17, 15) is 9.18 Å². The highest BCUT2D eigenvalue weighted by Gasteiger charge is 2.24. The van der Waals surface area contributed by atoms with Crippen molar-refractivity contribution < 1.29 is 18.7 Å². The van der Waals surface area contributed by atoms with Crippen molar-refractivity contribution in [3.05, 3.63) is 57.3 Å². The molecule has 0 aliphatic carbocycles. The smallest absolute Gasteiger partial charge is 0.254 e. The zero-order valence-corrected chi connectivity index (χ0v) is 17.9. The first-order valence-electron chi connectivity index (χ1n) is 9.11. The van der Waals surface area contributed by atoms with Crippen molar-refractivity contribution in [3.8, 4) is 11.5 Å². The number of rotatable bonds is 5. The number of nitrogens with zero attached hydrogens (tertiary/aromatic N) is 2. The normalized spacial score (nSPS) is 14.8. The van der Waals surface area contributed by atoms with Crippen molar-refractivity contribution >= 4 is 21.8 Å². The average molecular weight is 451 g/mol. The Bertz CT molecular complexity index is 867. The minimum atomic E-state index is -0.345. The summed E-state index contributed by atoms with van der Waals surface area (Å²) >= 11 is 3.61. The van der Waals surface area contributed by atoms with Crippen molar-refractivity contribution in [2.45, 2.75) is 13.5 Å². The van der Waals surface area contributed by atoms with Gasteiger partial charge >= 0.3 is 0 Å². The van der Waals surface area contributed by atoms with Gasteiger partial charge in [-0.25, -0.2) is 4.39 Å². The van der Waals surface area contributed by atoms with Gasteiger partial charge in [0.2, 0.25) is 0 Å². The molecule has 0 radical (unpaired) electrons. The first-order chi connectivity index (χ1) is 13.4. The number of carbonyl (C=O) groups is 1. The Morgan fingerprint density at radius 3 is 2.43 bits per heavy atom. The Morgan fingerprint density at radius 1 is 1.11 bits per heavy atom. The molecule has 150 valence electrons. The van der Waals surface area contributed by atoms with E-state index in [1.807, 2.05) is 12.1 Å². The van der Waals surface area contributed by atoms with Crippen LogP contribution in [0.2, 0.25) is 0 Å². The second-order valence-corrected chi connectivity index (χ2v) is 7.60. The molecule has 0 spiro atoms. The lowest BCUT2D eigenvalue weighted by Crippen LogP contribution is -2.48. The third kappa shape index (κ3) is 4.31. The molecule has 1 amide bonds. The second kappa shape index (κ2) is 8.92. The highest BCUT2D eigenvalue weighted by molar-refractivity contribution is 9.10. The molecule has 0 saturated carbocycles. The number of methoxy groups -OCH3 is 2. The summed E-state index contributed by atoms with van der Waals surface area (Å²) in [5, 5.41) is 0. The summed E-state index contributed by atoms with van der Waals surface area (Å²) in [5.41, 5.74) is 2.04. The molecule has 1 aliphatic rings. The largest absolute Gasteiger partial charge is 0.493 e. The standard InChI is InChI=1S/C21H24BrFN2O3/c1-14-4-5-15(12-17(14)23)21(26)25-10-8-24(9-11-25)13-16-6-7-18(27-2)20(28-3)19(16)22/h4-7,12H,8-11,13H2,1-3H3. The van der Waals surface area contributed by atoms with Crippen LogP contribution >= 0.6 is 15.9 Å². The first-order valence-corrected chi connectivity index (χ1v) is 9.91. The Hall–Kier alpha value is -2.12. The highest BCUT2D eigenvalue weighted by atomic mass is 79.9. The predicted molar refractivity (Wildman–Crippen MR) is 110 cm³/mol. The summed E-state index contributed by atoms with van der Waals surface area (Å²) in [5.74, 6) is 0.891. The third-order valence-corrected chi connectivity index (χ3v) is 5.91. The SMILES string of the molecule is COc1ccc(CN2CCN(C(=O)c3ccc(C)c(F)c3)CC2)c(Br)c1OC. The lowest BCUT2D eigenvalue weighted by atomic mass is 10.1. The van der Waals surface area contributed by atoms with Gasteiger partial charge in [-0.3, -0.25) is 9.69 Å². The van der Waals surface area contributed by atoms with Crippen LogP contribution in [-0.4, -0.2) is 56.1 Å². The molecule has 2 aromatic rings. The monoisotopic (exact) mass is 450 g/mol. The lowest BCUT2D eigenvalue weighted by Gasteiger charge is -2.35. The number of benzene rings is 2. The van der Waals surface area contributed by atoms with Crippen LogP contribution in [-0.2, 0) is 6.54 Å². The molecule has 0 aromatic heterocycles. The topological polar surface area (TPSA) is 42.0 Å². The van der Waals surface area contributed by atoms with Gasteiger partial charge in [-0.2, -0.15) is 0 Å². The minimum Gasteiger partial charge on any atom is -0.493 e. The molecule has 0 atom stereocenters. The number of amides is 1. The van der Waals surface area contributed by atoms with E-state index in [1.165, 1.54) is 6.07 Å². The van der Waals surface area contributed by atoms with Gasteiger partial charge in [0.05, 0.1) is 18.7 Å². The molecule has 0 bridgehead atoms. The van der Waals surface area contributed by atoms with Crippen LogP contribution in [0, 0.1) is 12.7 Å². The molecule has 3 rings (SSSR count). The van der Waals surface area contributed by atoms with Crippen LogP contribution in [0.25, 0.3) is 0 Å². The summed E-state index contributed by atoms with van der Waals surface area (Å²) in [7, 11) is 3.23. The molecule has 0 N–H and O–H groups in total. The van der Waals surface area contributed by atoms with E-state index in [-0.39, 0.29) is 11.7 Å². The van der Waals surface area contributed by atoms with Crippen molar-refractivity contribution in [2.24, 2.45) is 0 Å². The molecule has 2 aromatic carbocycles. The van der Waals surface area contributed by atoms with Crippen molar-refractivity contribution in [1.29, 1.82) is 0 Å². The molecule has 1 aliphatic heterocycles. The van der Waals surface area contributed by atoms with Crippen LogP contribution in [0.15, 0.2) is 34.8 Å². The average Bonchev–Trinajstić information content (AvgIpc) is 2.71. The van der Waals surface area contributed by atoms with E-state index in [4.69, 9.17) is 9.47 Å². The van der Waals surface area contributed by atoms with Crippen LogP contribution < -0.4 is 9.47 Å². The summed E-state index contributed by atoms with van der Waals surface area (Å²) < 4.78 is 25.4. The van der Waals surface area contributed by atoms with Crippen LogP contribution in [0.4, 0.5) is 4.39 Å². The second-order valence-electron chi connectivity index (χ2n) is 6.81. The first kappa shape index (κ1) is 20.6. The molecule has 7 heteroatoms. The Morgan fingerprint density at radius 2 is 1.82 bits per heavy atom. The quantitative estimate of drug-likeness (QED) is 0.693. The molecule has 28 heavy (non-hydrogen) atoms. The summed E-state index contributed by atoms with van der Waals surface area (Å²) in [6.07, 6.45) is 0. The van der Waals surface area contributed by atoms with E-state index in [1.54, 1.807) is 38.2 Å². The predicted octanol–water partition coefficient (Wildman–Crippen LogP) is 3.87. The van der Waals surface area contributed by atoms with Crippen LogP contribution in [0.5, 0.6) is 11.5 Å². The zero-order chi connectivity index (χ0) is 20.3. The number of ether oxygens (including phenoxy) is 2. The van der Waals surface area contributed by atoms with E-state index >= 15 is 0 Å². The van der Waals surface area contributed by atoms with Gasteiger partial charge in [0.15, 0.2) is 11.5 Å². The van der Waals surface area contributed by atoms with Gasteiger partial charge in [0.1, 0.15) is 5.82 Å². The maximum Gasteiger partial charge on any atom is 0.254 e. The Labute approximate surface area is 173 Å². The van der Waals surface area contributed by atoms with E-state index in [0.717, 1.165) is 29.7 Å². The minimum absolute atomic E-state index is 0.120. The number of carbonyl (C=O) groups excluding carboxylic acids is 1. The molecule has 0 unspecified atom stereocenters. The fraction of sp³-hybridized carbons (Fsp3) is 0.381. The Kier molecular flexibility index (Phi) is 6.57. The van der Waals surface area contributed by atoms with Crippen molar-refractivity contribution in [1.82, 2.24) is 9.80 Å². The summed E-state index contributed by atoms with van der Waals surface area (Å²) in [4.78, 5) is 16.7. The molecule has 1 heterocycles. The highest BCUT2D eigenvalue weighted by Crippen LogP contribution is 2.38. The lowest BCUT2D eigenvalue weighted by molar-refractivity contribution is 0.0627. The van der Waals surface area contributed by atoms with E-state index < -0.39 is 0 Å². The molecular weight excluding hydrogens is 427 g/mol. The molecule has 1 fully saturated rings. The van der Waals surface area contributed by atoms with E-state index in [0.29, 0.717) is 35.7 Å². The van der Waals surface area contributed by atoms with Gasteiger partial charge < -0.3 is 14.4 Å². The molecular formula is C21H24BrFN2O3. The van der Waals surface area contributed by atoms with E-state index in [2.05, 4.69) is 20.8 Å². The fourth-order valence-corrected chi connectivity index (χ4v) is 3.93. The maximum absolute atomic E-state index is 13.8. The molecule has 5 nitrogen and oxygen atoms in total. The van der Waals surface area contributed by atoms with Gasteiger partial charge in [-0.05, 0) is 52.2 Å². The van der Waals surface area contributed by atoms with Gasteiger partial charge in [0, 0.05) is 38.3 Å². The summed E-state index contributed by atoms with van der Waals surface area (Å²) in [6.45, 7) is 5.15.